The van der Waals surface area contributed by atoms with Gasteiger partial charge in [0.25, 0.3) is 0 Å². The van der Waals surface area contributed by atoms with Gasteiger partial charge in [-0.05, 0) is 50.6 Å². The van der Waals surface area contributed by atoms with E-state index in [0.717, 1.165) is 25.2 Å². The maximum absolute atomic E-state index is 10.1. The Morgan fingerprint density at radius 1 is 0.828 bits per heavy atom. The zero-order chi connectivity index (χ0) is 21.3. The number of phenolic OH excluding ortho intramolecular Hbond substituents is 1. The molecule has 0 atom stereocenters. The summed E-state index contributed by atoms with van der Waals surface area (Å²) in [5.74, 6) is 0.169. The first-order valence-corrected chi connectivity index (χ1v) is 11.9. The van der Waals surface area contributed by atoms with Crippen molar-refractivity contribution in [2.45, 2.75) is 104 Å². The van der Waals surface area contributed by atoms with Crippen LogP contribution < -0.4 is 0 Å². The normalized spacial score (nSPS) is 12.1. The number of aromatic hydroxyl groups is 1. The molecule has 0 aliphatic heterocycles. The highest BCUT2D eigenvalue weighted by atomic mass is 16.4. The molecular formula is C25H44N2O2. The molecule has 0 bridgehead atoms. The molecule has 166 valence electrons. The molecule has 0 unspecified atom stereocenters. The summed E-state index contributed by atoms with van der Waals surface area (Å²) in [5.41, 5.74) is 2.23. The summed E-state index contributed by atoms with van der Waals surface area (Å²) in [5, 5.41) is 22.4. The average molecular weight is 405 g/mol. The third-order valence-corrected chi connectivity index (χ3v) is 5.66. The molecule has 0 saturated heterocycles. The summed E-state index contributed by atoms with van der Waals surface area (Å²) in [7, 11) is 0. The first-order chi connectivity index (χ1) is 14.1. The smallest absolute Gasteiger partial charge is 0.124 e. The molecule has 1 aromatic rings. The van der Waals surface area contributed by atoms with Crippen LogP contribution in [0.15, 0.2) is 23.4 Å². The van der Waals surface area contributed by atoms with E-state index in [9.17, 15) is 5.11 Å². The fraction of sp³-hybridized carbons (Fsp3) is 0.720. The maximum Gasteiger partial charge on any atom is 0.124 e. The van der Waals surface area contributed by atoms with Crippen LogP contribution in [-0.2, 0) is 6.54 Å². The molecule has 0 radical (unpaired) electrons. The Kier molecular flexibility index (Phi) is 14.3. The van der Waals surface area contributed by atoms with E-state index in [-0.39, 0.29) is 5.75 Å². The summed E-state index contributed by atoms with van der Waals surface area (Å²) >= 11 is 0. The quantitative estimate of drug-likeness (QED) is 0.126. The standard InChI is InChI=1S/C25H44N2O2/c1-4-6-8-10-12-14-18-27(19-15-13-11-9-7-5-2)21-23-16-17-25(28)24(20-23)22(3)26-29/h16-17,20,28-29H,4-15,18-19,21H2,1-3H3/b26-22+. The van der Waals surface area contributed by atoms with Crippen LogP contribution in [0.5, 0.6) is 5.75 Å². The lowest BCUT2D eigenvalue weighted by Crippen LogP contribution is -2.26. The van der Waals surface area contributed by atoms with Gasteiger partial charge in [-0.15, -0.1) is 0 Å². The lowest BCUT2D eigenvalue weighted by molar-refractivity contribution is 0.252. The van der Waals surface area contributed by atoms with Crippen molar-refractivity contribution in [1.29, 1.82) is 0 Å². The number of benzene rings is 1. The van der Waals surface area contributed by atoms with Crippen LogP contribution in [0.3, 0.4) is 0 Å². The van der Waals surface area contributed by atoms with Crippen molar-refractivity contribution in [3.8, 4) is 5.75 Å². The first-order valence-electron chi connectivity index (χ1n) is 11.9. The Hall–Kier alpha value is -1.55. The number of hydrogen-bond donors (Lipinski definition) is 2. The molecule has 0 heterocycles. The Balaban J connectivity index is 2.59. The Morgan fingerprint density at radius 2 is 1.34 bits per heavy atom. The molecule has 4 nitrogen and oxygen atoms in total. The number of phenols is 1. The summed E-state index contributed by atoms with van der Waals surface area (Å²) in [6, 6.07) is 5.66. The average Bonchev–Trinajstić information content (AvgIpc) is 2.73. The summed E-state index contributed by atoms with van der Waals surface area (Å²) in [6.07, 6.45) is 15.8. The van der Waals surface area contributed by atoms with Gasteiger partial charge in [0.2, 0.25) is 0 Å². The Morgan fingerprint density at radius 3 is 1.86 bits per heavy atom. The van der Waals surface area contributed by atoms with Crippen molar-refractivity contribution in [3.05, 3.63) is 29.3 Å². The van der Waals surface area contributed by atoms with Gasteiger partial charge in [0, 0.05) is 12.1 Å². The van der Waals surface area contributed by atoms with E-state index in [1.54, 1.807) is 13.0 Å². The topological polar surface area (TPSA) is 56.1 Å². The zero-order valence-electron chi connectivity index (χ0n) is 19.1. The SMILES string of the molecule is CCCCCCCCN(CCCCCCCC)Cc1ccc(O)c(/C(C)=N/O)c1. The molecule has 0 aromatic heterocycles. The fourth-order valence-electron chi connectivity index (χ4n) is 3.78. The van der Waals surface area contributed by atoms with E-state index < -0.39 is 0 Å². The van der Waals surface area contributed by atoms with Gasteiger partial charge in [-0.3, -0.25) is 4.90 Å². The molecule has 2 N–H and O–H groups in total. The Labute approximate surface area is 179 Å². The molecule has 4 heteroatoms. The minimum absolute atomic E-state index is 0.169. The highest BCUT2D eigenvalue weighted by Crippen LogP contribution is 2.21. The van der Waals surface area contributed by atoms with E-state index in [4.69, 9.17) is 5.21 Å². The van der Waals surface area contributed by atoms with Gasteiger partial charge in [0.15, 0.2) is 0 Å². The number of unbranched alkanes of at least 4 members (excludes halogenated alkanes) is 10. The van der Waals surface area contributed by atoms with Gasteiger partial charge in [-0.1, -0.05) is 89.3 Å². The number of hydrogen-bond acceptors (Lipinski definition) is 4. The van der Waals surface area contributed by atoms with Gasteiger partial charge in [-0.2, -0.15) is 0 Å². The molecule has 0 spiro atoms. The van der Waals surface area contributed by atoms with Crippen LogP contribution in [0, 0.1) is 0 Å². The second-order valence-corrected chi connectivity index (χ2v) is 8.35. The van der Waals surface area contributed by atoms with E-state index >= 15 is 0 Å². The van der Waals surface area contributed by atoms with Gasteiger partial charge >= 0.3 is 0 Å². The summed E-state index contributed by atoms with van der Waals surface area (Å²) in [6.45, 7) is 9.38. The fourth-order valence-corrected chi connectivity index (χ4v) is 3.78. The lowest BCUT2D eigenvalue weighted by Gasteiger charge is -2.23. The van der Waals surface area contributed by atoms with Crippen molar-refractivity contribution in [2.75, 3.05) is 13.1 Å². The Bertz CT molecular complexity index is 556. The van der Waals surface area contributed by atoms with Crippen molar-refractivity contribution >= 4 is 5.71 Å². The zero-order valence-corrected chi connectivity index (χ0v) is 19.1. The number of nitrogens with zero attached hydrogens (tertiary/aromatic N) is 2. The maximum atomic E-state index is 10.1. The molecule has 1 rings (SSSR count). The highest BCUT2D eigenvalue weighted by molar-refractivity contribution is 6.00. The second-order valence-electron chi connectivity index (χ2n) is 8.35. The van der Waals surface area contributed by atoms with Crippen molar-refractivity contribution in [2.24, 2.45) is 5.16 Å². The van der Waals surface area contributed by atoms with Crippen molar-refractivity contribution in [3.63, 3.8) is 0 Å². The molecular weight excluding hydrogens is 360 g/mol. The van der Waals surface area contributed by atoms with Crippen LogP contribution in [-0.4, -0.2) is 34.0 Å². The van der Waals surface area contributed by atoms with E-state index in [1.165, 1.54) is 77.0 Å². The van der Waals surface area contributed by atoms with Crippen LogP contribution in [0.2, 0.25) is 0 Å². The molecule has 1 aromatic carbocycles. The van der Waals surface area contributed by atoms with E-state index in [1.807, 2.05) is 12.1 Å². The number of rotatable bonds is 17. The summed E-state index contributed by atoms with van der Waals surface area (Å²) < 4.78 is 0. The molecule has 0 aliphatic rings. The van der Waals surface area contributed by atoms with Crippen molar-refractivity contribution < 1.29 is 10.3 Å². The van der Waals surface area contributed by atoms with Crippen LogP contribution >= 0.6 is 0 Å². The molecule has 29 heavy (non-hydrogen) atoms. The van der Waals surface area contributed by atoms with Crippen molar-refractivity contribution in [1.82, 2.24) is 4.90 Å². The van der Waals surface area contributed by atoms with Gasteiger partial charge in [0.05, 0.1) is 5.71 Å². The minimum atomic E-state index is 0.169. The second kappa shape index (κ2) is 16.3. The lowest BCUT2D eigenvalue weighted by atomic mass is 10.0. The summed E-state index contributed by atoms with van der Waals surface area (Å²) in [4.78, 5) is 2.56. The molecule has 0 saturated carbocycles. The van der Waals surface area contributed by atoms with Gasteiger partial charge in [0.1, 0.15) is 5.75 Å². The predicted octanol–water partition coefficient (Wildman–Crippen LogP) is 7.11. The van der Waals surface area contributed by atoms with Crippen LogP contribution in [0.4, 0.5) is 0 Å². The molecule has 0 aliphatic carbocycles. The van der Waals surface area contributed by atoms with E-state index in [0.29, 0.717) is 11.3 Å². The van der Waals surface area contributed by atoms with Crippen LogP contribution in [0.1, 0.15) is 109 Å². The molecule has 0 fully saturated rings. The number of oxime groups is 1. The van der Waals surface area contributed by atoms with Gasteiger partial charge in [-0.25, -0.2) is 0 Å². The first kappa shape index (κ1) is 25.5. The predicted molar refractivity (Wildman–Crippen MR) is 124 cm³/mol. The third-order valence-electron chi connectivity index (χ3n) is 5.66. The third kappa shape index (κ3) is 11.3. The van der Waals surface area contributed by atoms with Gasteiger partial charge < -0.3 is 10.3 Å². The van der Waals surface area contributed by atoms with Crippen LogP contribution in [0.25, 0.3) is 0 Å². The highest BCUT2D eigenvalue weighted by Gasteiger charge is 2.10. The van der Waals surface area contributed by atoms with E-state index in [2.05, 4.69) is 23.9 Å². The monoisotopic (exact) mass is 404 g/mol. The molecule has 0 amide bonds. The largest absolute Gasteiger partial charge is 0.507 e. The minimum Gasteiger partial charge on any atom is -0.507 e.